The lowest BCUT2D eigenvalue weighted by molar-refractivity contribution is 0.310. The van der Waals surface area contributed by atoms with Crippen LogP contribution in [0.25, 0.3) is 5.69 Å². The van der Waals surface area contributed by atoms with Gasteiger partial charge in [0.2, 0.25) is 0 Å². The van der Waals surface area contributed by atoms with Crippen molar-refractivity contribution in [3.05, 3.63) is 69.2 Å². The minimum Gasteiger partial charge on any atom is -0.492 e. The predicted octanol–water partition coefficient (Wildman–Crippen LogP) is 5.25. The van der Waals surface area contributed by atoms with E-state index >= 15 is 0 Å². The van der Waals surface area contributed by atoms with Crippen molar-refractivity contribution in [3.8, 4) is 11.4 Å². The predicted molar refractivity (Wildman–Crippen MR) is 99.0 cm³/mol. The number of para-hydroxylation sites is 1. The number of aryl methyl sites for hydroxylation is 1. The van der Waals surface area contributed by atoms with Gasteiger partial charge < -0.3 is 4.74 Å². The summed E-state index contributed by atoms with van der Waals surface area (Å²) in [5, 5.41) is 8.26. The van der Waals surface area contributed by atoms with Crippen LogP contribution in [0.1, 0.15) is 12.2 Å². The van der Waals surface area contributed by atoms with Crippen LogP contribution in [0.15, 0.2) is 48.5 Å². The zero-order chi connectivity index (χ0) is 16.9. The van der Waals surface area contributed by atoms with Gasteiger partial charge in [-0.05, 0) is 49.0 Å². The second-order valence-corrected chi connectivity index (χ2v) is 6.37. The molecule has 4 nitrogen and oxygen atoms in total. The molecule has 1 aromatic heterocycles. The number of nitrogens with one attached hydrogen (secondary N) is 1. The van der Waals surface area contributed by atoms with Crippen LogP contribution in [0.5, 0.6) is 5.75 Å². The average Bonchev–Trinajstić information content (AvgIpc) is 2.95. The molecule has 1 heterocycles. The molecule has 3 aromatic rings. The molecule has 0 unspecified atom stereocenters. The summed E-state index contributed by atoms with van der Waals surface area (Å²) in [5.41, 5.74) is 0.993. The first kappa shape index (κ1) is 17.0. The van der Waals surface area contributed by atoms with Crippen LogP contribution in [0.3, 0.4) is 0 Å². The highest BCUT2D eigenvalue weighted by atomic mass is 35.5. The Labute approximate surface area is 155 Å². The first-order chi connectivity index (χ1) is 11.6. The lowest BCUT2D eigenvalue weighted by atomic mass is 10.2. The summed E-state index contributed by atoms with van der Waals surface area (Å²) in [6.07, 6.45) is 1.51. The van der Waals surface area contributed by atoms with Crippen molar-refractivity contribution in [2.45, 2.75) is 12.8 Å². The third-order valence-electron chi connectivity index (χ3n) is 3.45. The summed E-state index contributed by atoms with van der Waals surface area (Å²) in [4.78, 5) is 0. The molecular weight excluding hydrogens is 365 g/mol. The van der Waals surface area contributed by atoms with Gasteiger partial charge in [0, 0.05) is 17.1 Å². The van der Waals surface area contributed by atoms with Crippen molar-refractivity contribution in [2.75, 3.05) is 6.61 Å². The fourth-order valence-corrected chi connectivity index (χ4v) is 3.06. The average molecular weight is 380 g/mol. The Hall–Kier alpha value is -1.82. The fourth-order valence-electron chi connectivity index (χ4n) is 2.35. The molecule has 0 fully saturated rings. The molecule has 0 aliphatic heterocycles. The maximum atomic E-state index is 6.09. The Bertz CT molecular complexity index is 877. The van der Waals surface area contributed by atoms with E-state index in [2.05, 4.69) is 10.2 Å². The maximum Gasteiger partial charge on any atom is 0.199 e. The second kappa shape index (κ2) is 7.83. The van der Waals surface area contributed by atoms with Crippen molar-refractivity contribution >= 4 is 35.4 Å². The number of halogens is 2. The topological polar surface area (TPSA) is 42.8 Å². The number of aromatic amines is 1. The summed E-state index contributed by atoms with van der Waals surface area (Å²) < 4.78 is 8.22. The SMILES string of the molecule is S=c1[nH]nc(CCCOc2ccc(Cl)cc2Cl)n1-c1ccccc1. The van der Waals surface area contributed by atoms with Gasteiger partial charge in [-0.3, -0.25) is 9.67 Å². The van der Waals surface area contributed by atoms with E-state index < -0.39 is 0 Å². The number of rotatable bonds is 6. The smallest absolute Gasteiger partial charge is 0.199 e. The van der Waals surface area contributed by atoms with Crippen LogP contribution < -0.4 is 4.74 Å². The third-order valence-corrected chi connectivity index (χ3v) is 4.26. The van der Waals surface area contributed by atoms with Gasteiger partial charge in [0.15, 0.2) is 4.77 Å². The van der Waals surface area contributed by atoms with Crippen LogP contribution in [0.4, 0.5) is 0 Å². The zero-order valence-electron chi connectivity index (χ0n) is 12.7. The monoisotopic (exact) mass is 379 g/mol. The number of H-pyrrole nitrogens is 1. The molecule has 124 valence electrons. The lowest BCUT2D eigenvalue weighted by Crippen LogP contribution is -2.05. The summed E-state index contributed by atoms with van der Waals surface area (Å²) in [5.74, 6) is 1.50. The quantitative estimate of drug-likeness (QED) is 0.469. The molecule has 24 heavy (non-hydrogen) atoms. The molecule has 0 radical (unpaired) electrons. The van der Waals surface area contributed by atoms with Crippen molar-refractivity contribution in [1.29, 1.82) is 0 Å². The minimum atomic E-state index is 0.509. The Morgan fingerprint density at radius 3 is 2.67 bits per heavy atom. The van der Waals surface area contributed by atoms with E-state index in [4.69, 9.17) is 40.2 Å². The summed E-state index contributed by atoms with van der Waals surface area (Å²) in [7, 11) is 0. The van der Waals surface area contributed by atoms with Gasteiger partial charge in [0.25, 0.3) is 0 Å². The van der Waals surface area contributed by atoms with Crippen molar-refractivity contribution < 1.29 is 4.74 Å². The van der Waals surface area contributed by atoms with Crippen molar-refractivity contribution in [1.82, 2.24) is 14.8 Å². The molecule has 0 saturated heterocycles. The van der Waals surface area contributed by atoms with Gasteiger partial charge in [0.05, 0.1) is 11.6 Å². The van der Waals surface area contributed by atoms with Crippen molar-refractivity contribution in [2.24, 2.45) is 0 Å². The number of hydrogen-bond donors (Lipinski definition) is 1. The summed E-state index contributed by atoms with van der Waals surface area (Å²) in [6, 6.07) is 15.1. The molecule has 3 rings (SSSR count). The van der Waals surface area contributed by atoms with Crippen LogP contribution in [-0.4, -0.2) is 21.4 Å². The standard InChI is InChI=1S/C17H15Cl2N3OS/c18-12-8-9-15(14(19)11-12)23-10-4-7-16-20-21-17(24)22(16)13-5-2-1-3-6-13/h1-3,5-6,8-9,11H,4,7,10H2,(H,21,24). The molecular formula is C17H15Cl2N3OS. The van der Waals surface area contributed by atoms with Crippen LogP contribution in [0.2, 0.25) is 10.0 Å². The van der Waals surface area contributed by atoms with Crippen LogP contribution in [-0.2, 0) is 6.42 Å². The number of aromatic nitrogens is 3. The highest BCUT2D eigenvalue weighted by molar-refractivity contribution is 7.71. The molecule has 0 atom stereocenters. The lowest BCUT2D eigenvalue weighted by Gasteiger charge is -2.09. The van der Waals surface area contributed by atoms with E-state index in [1.54, 1.807) is 18.2 Å². The van der Waals surface area contributed by atoms with E-state index in [1.807, 2.05) is 34.9 Å². The Morgan fingerprint density at radius 1 is 1.12 bits per heavy atom. The fraction of sp³-hybridized carbons (Fsp3) is 0.176. The molecule has 1 N–H and O–H groups in total. The van der Waals surface area contributed by atoms with E-state index in [-0.39, 0.29) is 0 Å². The number of hydrogen-bond acceptors (Lipinski definition) is 3. The van der Waals surface area contributed by atoms with Crippen molar-refractivity contribution in [3.63, 3.8) is 0 Å². The van der Waals surface area contributed by atoms with Gasteiger partial charge >= 0.3 is 0 Å². The first-order valence-electron chi connectivity index (χ1n) is 7.45. The number of nitrogens with zero attached hydrogens (tertiary/aromatic N) is 2. The molecule has 0 aliphatic rings. The van der Waals surface area contributed by atoms with E-state index in [0.29, 0.717) is 27.2 Å². The van der Waals surface area contributed by atoms with E-state index in [0.717, 1.165) is 24.4 Å². The largest absolute Gasteiger partial charge is 0.492 e. The Kier molecular flexibility index (Phi) is 5.56. The Morgan fingerprint density at radius 2 is 1.92 bits per heavy atom. The number of ether oxygens (including phenoxy) is 1. The molecule has 0 amide bonds. The van der Waals surface area contributed by atoms with Crippen LogP contribution >= 0.6 is 35.4 Å². The normalized spacial score (nSPS) is 10.8. The summed E-state index contributed by atoms with van der Waals surface area (Å²) >= 11 is 17.3. The number of benzene rings is 2. The maximum absolute atomic E-state index is 6.09. The van der Waals surface area contributed by atoms with Gasteiger partial charge in [-0.2, -0.15) is 5.10 Å². The molecule has 0 saturated carbocycles. The van der Waals surface area contributed by atoms with Gasteiger partial charge in [-0.1, -0.05) is 41.4 Å². The van der Waals surface area contributed by atoms with Crippen LogP contribution in [0, 0.1) is 4.77 Å². The zero-order valence-corrected chi connectivity index (χ0v) is 15.0. The Balaban J connectivity index is 1.63. The first-order valence-corrected chi connectivity index (χ1v) is 8.61. The minimum absolute atomic E-state index is 0.509. The van der Waals surface area contributed by atoms with Gasteiger partial charge in [-0.15, -0.1) is 0 Å². The van der Waals surface area contributed by atoms with Gasteiger partial charge in [-0.25, -0.2) is 0 Å². The van der Waals surface area contributed by atoms with E-state index in [9.17, 15) is 0 Å². The molecule has 7 heteroatoms. The highest BCUT2D eigenvalue weighted by Gasteiger charge is 2.08. The molecule has 2 aromatic carbocycles. The summed E-state index contributed by atoms with van der Waals surface area (Å²) in [6.45, 7) is 0.524. The molecule has 0 spiro atoms. The third kappa shape index (κ3) is 3.98. The molecule has 0 aliphatic carbocycles. The second-order valence-electron chi connectivity index (χ2n) is 5.14. The molecule has 0 bridgehead atoms. The van der Waals surface area contributed by atoms with E-state index in [1.165, 1.54) is 0 Å². The highest BCUT2D eigenvalue weighted by Crippen LogP contribution is 2.27. The van der Waals surface area contributed by atoms with Gasteiger partial charge in [0.1, 0.15) is 11.6 Å².